The number of ether oxygens (including phenoxy) is 2. The Balaban J connectivity index is 2.10. The molecule has 0 amide bonds. The molecule has 2 aromatic heterocycles. The van der Waals surface area contributed by atoms with Crippen molar-refractivity contribution in [2.24, 2.45) is 22.6 Å². The van der Waals surface area contributed by atoms with Crippen LogP contribution in [0.25, 0.3) is 21.9 Å². The number of nitrogens with zero attached hydrogens (tertiary/aromatic N) is 3. The van der Waals surface area contributed by atoms with Crippen molar-refractivity contribution in [1.82, 2.24) is 0 Å². The van der Waals surface area contributed by atoms with Crippen molar-refractivity contribution in [3.8, 4) is 23.6 Å². The van der Waals surface area contributed by atoms with Gasteiger partial charge in [-0.2, -0.15) is 10.5 Å². The van der Waals surface area contributed by atoms with Gasteiger partial charge in [0.05, 0.1) is 44.3 Å². The average Bonchev–Trinajstić information content (AvgIpc) is 3.21. The second-order valence-electron chi connectivity index (χ2n) is 6.62. The lowest BCUT2D eigenvalue weighted by Gasteiger charge is -2.29. The van der Waals surface area contributed by atoms with Gasteiger partial charge in [-0.3, -0.25) is 10.2 Å². The van der Waals surface area contributed by atoms with Crippen LogP contribution in [0.4, 0.5) is 0 Å². The lowest BCUT2D eigenvalue weighted by atomic mass is 9.75. The molecule has 3 aromatic rings. The summed E-state index contributed by atoms with van der Waals surface area (Å²) in [5, 5.41) is 27.8. The van der Waals surface area contributed by atoms with Gasteiger partial charge < -0.3 is 24.0 Å². The summed E-state index contributed by atoms with van der Waals surface area (Å²) in [6.07, 6.45) is 2.59. The predicted molar refractivity (Wildman–Crippen MR) is 106 cm³/mol. The van der Waals surface area contributed by atoms with E-state index in [-0.39, 0.29) is 39.7 Å². The van der Waals surface area contributed by atoms with Crippen LogP contribution in [-0.4, -0.2) is 25.9 Å². The van der Waals surface area contributed by atoms with E-state index in [1.165, 1.54) is 20.5 Å². The molecule has 3 N–H and O–H groups in total. The van der Waals surface area contributed by atoms with Crippen LogP contribution >= 0.6 is 0 Å². The van der Waals surface area contributed by atoms with Gasteiger partial charge >= 0.3 is 0 Å². The maximum atomic E-state index is 13.6. The second-order valence-corrected chi connectivity index (χ2v) is 6.62. The zero-order valence-corrected chi connectivity index (χ0v) is 15.9. The quantitative estimate of drug-likeness (QED) is 0.667. The molecule has 0 saturated heterocycles. The topological polar surface area (TPSA) is 172 Å². The number of hydrogen-bond donors (Lipinski definition) is 2. The van der Waals surface area contributed by atoms with E-state index in [1.54, 1.807) is 6.07 Å². The number of fused-ring (bicyclic) bond motifs is 2. The molecule has 1 aliphatic heterocycles. The first-order valence-corrected chi connectivity index (χ1v) is 8.76. The third-order valence-electron chi connectivity index (χ3n) is 5.20. The molecular weight excluding hydrogens is 390 g/mol. The van der Waals surface area contributed by atoms with Gasteiger partial charge in [0.1, 0.15) is 34.6 Å². The number of nitriles is 2. The summed E-state index contributed by atoms with van der Waals surface area (Å²) in [7, 11) is 2.81. The summed E-state index contributed by atoms with van der Waals surface area (Å²) in [4.78, 5) is 17.4. The zero-order valence-electron chi connectivity index (χ0n) is 15.9. The normalized spacial score (nSPS) is 21.1. The molecule has 3 atom stereocenters. The largest absolute Gasteiger partial charge is 0.495 e. The fourth-order valence-electron chi connectivity index (χ4n) is 3.86. The molecule has 0 aliphatic carbocycles. The van der Waals surface area contributed by atoms with E-state index in [4.69, 9.17) is 29.5 Å². The van der Waals surface area contributed by atoms with E-state index in [2.05, 4.69) is 4.99 Å². The maximum Gasteiger partial charge on any atom is 0.206 e. The van der Waals surface area contributed by atoms with Crippen molar-refractivity contribution < 1.29 is 18.3 Å². The highest BCUT2D eigenvalue weighted by molar-refractivity contribution is 6.07. The maximum absolute atomic E-state index is 13.6. The summed E-state index contributed by atoms with van der Waals surface area (Å²) >= 11 is 0. The standard InChI is InChI=1S/C20H15N5O5/c1-27-15-8-3-4-29-16(8)18(28-2)17-13(15)14(26)11(7-30-17)12-9(5-21)19(23)25-20(24)10(12)6-22/h3-4,7,9-10,12H,1-2H3,(H3,23,24,25). The van der Waals surface area contributed by atoms with E-state index in [0.29, 0.717) is 11.0 Å². The smallest absolute Gasteiger partial charge is 0.206 e. The van der Waals surface area contributed by atoms with Gasteiger partial charge in [0.15, 0.2) is 16.6 Å². The average molecular weight is 405 g/mol. The summed E-state index contributed by atoms with van der Waals surface area (Å²) < 4.78 is 22.1. The van der Waals surface area contributed by atoms with Crippen molar-refractivity contribution in [3.63, 3.8) is 0 Å². The van der Waals surface area contributed by atoms with E-state index in [1.807, 2.05) is 12.1 Å². The fraction of sp³-hybridized carbons (Fsp3) is 0.250. The highest BCUT2D eigenvalue weighted by Gasteiger charge is 2.42. The minimum atomic E-state index is -1.15. The van der Waals surface area contributed by atoms with E-state index < -0.39 is 23.2 Å². The Kier molecular flexibility index (Phi) is 4.40. The van der Waals surface area contributed by atoms with Crippen LogP contribution in [0.15, 0.2) is 37.2 Å². The molecule has 3 unspecified atom stereocenters. The van der Waals surface area contributed by atoms with Gasteiger partial charge in [-0.15, -0.1) is 0 Å². The number of amidine groups is 2. The molecule has 150 valence electrons. The van der Waals surface area contributed by atoms with Crippen LogP contribution in [0, 0.1) is 39.9 Å². The van der Waals surface area contributed by atoms with Crippen molar-refractivity contribution in [2.75, 3.05) is 14.2 Å². The Morgan fingerprint density at radius 1 is 1.13 bits per heavy atom. The molecule has 0 bridgehead atoms. The van der Waals surface area contributed by atoms with E-state index in [0.717, 1.165) is 6.26 Å². The fourth-order valence-corrected chi connectivity index (χ4v) is 3.86. The van der Waals surface area contributed by atoms with Gasteiger partial charge in [0.25, 0.3) is 0 Å². The minimum Gasteiger partial charge on any atom is -0.495 e. The highest BCUT2D eigenvalue weighted by atomic mass is 16.5. The third kappa shape index (κ3) is 2.44. The Morgan fingerprint density at radius 2 is 1.83 bits per heavy atom. The Morgan fingerprint density at radius 3 is 2.47 bits per heavy atom. The van der Waals surface area contributed by atoms with E-state index in [9.17, 15) is 15.3 Å². The number of nitrogens with one attached hydrogen (secondary N) is 1. The highest BCUT2D eigenvalue weighted by Crippen LogP contribution is 2.43. The van der Waals surface area contributed by atoms with Crippen LogP contribution in [0.2, 0.25) is 0 Å². The molecule has 3 heterocycles. The lowest BCUT2D eigenvalue weighted by Crippen LogP contribution is -2.41. The first-order chi connectivity index (χ1) is 14.5. The number of hydrogen-bond acceptors (Lipinski definition) is 9. The number of nitrogens with two attached hydrogens (primary N) is 1. The molecule has 30 heavy (non-hydrogen) atoms. The summed E-state index contributed by atoms with van der Waals surface area (Å²) in [5.41, 5.74) is 5.77. The molecule has 10 heteroatoms. The van der Waals surface area contributed by atoms with Crippen LogP contribution in [0.1, 0.15) is 11.5 Å². The van der Waals surface area contributed by atoms with Gasteiger partial charge in [-0.25, -0.2) is 4.99 Å². The molecule has 1 aromatic carbocycles. The summed E-state index contributed by atoms with van der Waals surface area (Å²) in [6.45, 7) is 0. The zero-order chi connectivity index (χ0) is 21.6. The van der Waals surface area contributed by atoms with Gasteiger partial charge in [-0.1, -0.05) is 0 Å². The Hall–Kier alpha value is -4.31. The second kappa shape index (κ2) is 6.94. The monoisotopic (exact) mass is 405 g/mol. The van der Waals surface area contributed by atoms with Crippen molar-refractivity contribution in [3.05, 3.63) is 34.4 Å². The minimum absolute atomic E-state index is 0.0198. The molecule has 1 aliphatic rings. The Bertz CT molecular complexity index is 1370. The molecule has 0 fully saturated rings. The molecule has 10 nitrogen and oxygen atoms in total. The van der Waals surface area contributed by atoms with Crippen LogP contribution in [0.5, 0.6) is 11.5 Å². The van der Waals surface area contributed by atoms with Gasteiger partial charge in [0, 0.05) is 11.5 Å². The van der Waals surface area contributed by atoms with Crippen molar-refractivity contribution >= 4 is 33.6 Å². The molecule has 0 saturated carbocycles. The SMILES string of the molecule is COc1c2occc2c(OC)c2c(=O)c(C3C(C#N)C(=N)N=C(N)C3C#N)coc12. The summed E-state index contributed by atoms with van der Waals surface area (Å²) in [6, 6.07) is 5.56. The molecule has 4 rings (SSSR count). The number of benzene rings is 1. The number of furan rings is 1. The van der Waals surface area contributed by atoms with Crippen LogP contribution in [-0.2, 0) is 0 Å². The van der Waals surface area contributed by atoms with Gasteiger partial charge in [0.2, 0.25) is 5.75 Å². The Labute approximate surface area is 169 Å². The summed E-state index contributed by atoms with van der Waals surface area (Å²) in [5.74, 6) is -3.28. The first kappa shape index (κ1) is 19.0. The predicted octanol–water partition coefficient (Wildman–Crippen LogP) is 2.27. The molecule has 0 spiro atoms. The number of methoxy groups -OCH3 is 2. The van der Waals surface area contributed by atoms with Crippen molar-refractivity contribution in [1.29, 1.82) is 15.9 Å². The van der Waals surface area contributed by atoms with Crippen LogP contribution < -0.4 is 20.6 Å². The van der Waals surface area contributed by atoms with E-state index >= 15 is 0 Å². The molecule has 0 radical (unpaired) electrons. The molecular formula is C20H15N5O5. The third-order valence-corrected chi connectivity index (χ3v) is 5.20. The number of aliphatic imine (C=N–C) groups is 1. The number of rotatable bonds is 3. The van der Waals surface area contributed by atoms with Gasteiger partial charge in [-0.05, 0) is 6.07 Å². The van der Waals surface area contributed by atoms with Crippen LogP contribution in [0.3, 0.4) is 0 Å². The van der Waals surface area contributed by atoms with Crippen molar-refractivity contribution in [2.45, 2.75) is 5.92 Å². The first-order valence-electron chi connectivity index (χ1n) is 8.76. The lowest BCUT2D eigenvalue weighted by molar-refractivity contribution is 0.399.